The first-order chi connectivity index (χ1) is 36.4. The number of benzene rings is 3. The number of nitrogens with one attached hydrogen (secondary N) is 1. The summed E-state index contributed by atoms with van der Waals surface area (Å²) >= 11 is 22.5. The molecule has 3 aromatic carbocycles. The Morgan fingerprint density at radius 3 is 1.61 bits per heavy atom. The minimum Gasteiger partial charge on any atom is -0.459 e. The van der Waals surface area contributed by atoms with Gasteiger partial charge in [0, 0.05) is 66.3 Å². The lowest BCUT2D eigenvalue weighted by Gasteiger charge is -2.10. The Kier molecular flexibility index (Phi) is 20.4. The van der Waals surface area contributed by atoms with E-state index in [-0.39, 0.29) is 30.8 Å². The number of pyridine rings is 4. The van der Waals surface area contributed by atoms with E-state index in [1.807, 2.05) is 86.6 Å². The summed E-state index contributed by atoms with van der Waals surface area (Å²) in [6.07, 6.45) is 6.07. The van der Waals surface area contributed by atoms with Crippen LogP contribution in [0.25, 0.3) is 32.7 Å². The van der Waals surface area contributed by atoms with Gasteiger partial charge in [-0.05, 0) is 128 Å². The lowest BCUT2D eigenvalue weighted by Crippen LogP contribution is -2.24. The van der Waals surface area contributed by atoms with Gasteiger partial charge in [-0.1, -0.05) is 68.5 Å². The Morgan fingerprint density at radius 2 is 1.14 bits per heavy atom. The molecule has 6 aromatic heterocycles. The smallest absolute Gasteiger partial charge is 0.397 e. The molecule has 0 aliphatic carbocycles. The second-order valence-corrected chi connectivity index (χ2v) is 17.7. The number of carbonyl (C=O) groups is 4. The van der Waals surface area contributed by atoms with Gasteiger partial charge in [0.2, 0.25) is 0 Å². The van der Waals surface area contributed by atoms with Gasteiger partial charge in [-0.3, -0.25) is 24.5 Å². The Morgan fingerprint density at radius 1 is 0.671 bits per heavy atom. The highest BCUT2D eigenvalue weighted by Gasteiger charge is 2.18. The molecule has 0 aliphatic heterocycles. The number of esters is 2. The summed E-state index contributed by atoms with van der Waals surface area (Å²) in [4.78, 5) is 68.9. The average Bonchev–Trinajstić information content (AvgIpc) is 4.07. The predicted molar refractivity (Wildman–Crippen MR) is 284 cm³/mol. The van der Waals surface area contributed by atoms with E-state index in [0.29, 0.717) is 58.3 Å². The van der Waals surface area contributed by atoms with Crippen LogP contribution in [0.4, 0.5) is 5.82 Å². The Hall–Kier alpha value is -8.37. The predicted octanol–water partition coefficient (Wildman–Crippen LogP) is 8.92. The summed E-state index contributed by atoms with van der Waals surface area (Å²) in [6, 6.07) is 24.5. The number of nitrogen functional groups attached to an aromatic ring is 1. The molecule has 9 rings (SSSR count). The second kappa shape index (κ2) is 27.2. The number of oxime groups is 1. The van der Waals surface area contributed by atoms with E-state index in [2.05, 4.69) is 55.4 Å². The maximum absolute atomic E-state index is 12.4. The lowest BCUT2D eigenvalue weighted by molar-refractivity contribution is -0.149. The monoisotopic (exact) mass is 1110 g/mol. The Balaban J connectivity index is 0.000000179. The van der Waals surface area contributed by atoms with Crippen molar-refractivity contribution < 1.29 is 42.9 Å². The summed E-state index contributed by atoms with van der Waals surface area (Å²) < 4.78 is 19.0. The molecule has 9 aromatic rings. The number of nitrogens with two attached hydrogens (primary N) is 2. The molecule has 21 nitrogen and oxygen atoms in total. The molecule has 25 heteroatoms. The van der Waals surface area contributed by atoms with Crippen molar-refractivity contribution in [2.75, 3.05) is 18.9 Å². The highest BCUT2D eigenvalue weighted by atomic mass is 35.5. The van der Waals surface area contributed by atoms with Crippen molar-refractivity contribution in [3.63, 3.8) is 0 Å². The molecular weight excluding hydrogens is 1070 g/mol. The van der Waals surface area contributed by atoms with Gasteiger partial charge in [-0.15, -0.1) is 0 Å². The third kappa shape index (κ3) is 16.6. The van der Waals surface area contributed by atoms with Crippen LogP contribution >= 0.6 is 46.4 Å². The van der Waals surface area contributed by atoms with Crippen LogP contribution in [0, 0.1) is 13.8 Å². The second-order valence-electron chi connectivity index (χ2n) is 16.0. The van der Waals surface area contributed by atoms with Gasteiger partial charge < -0.3 is 40.5 Å². The first-order valence-electron chi connectivity index (χ1n) is 22.7. The van der Waals surface area contributed by atoms with Crippen molar-refractivity contribution >= 4 is 114 Å². The van der Waals surface area contributed by atoms with E-state index >= 15 is 0 Å². The van der Waals surface area contributed by atoms with Gasteiger partial charge in [0.15, 0.2) is 11.6 Å². The van der Waals surface area contributed by atoms with Crippen LogP contribution in [0.1, 0.15) is 80.4 Å². The lowest BCUT2D eigenvalue weighted by atomic mass is 10.1. The molecule has 0 atom stereocenters. The number of amidine groups is 1. The number of aryl methyl sites for hydroxylation is 2. The summed E-state index contributed by atoms with van der Waals surface area (Å²) in [5.41, 5.74) is 19.2. The fraction of sp³-hybridized carbons (Fsp3) is 0.196. The van der Waals surface area contributed by atoms with Crippen molar-refractivity contribution in [2.24, 2.45) is 10.9 Å². The molecule has 0 radical (unpaired) electrons. The zero-order valence-electron chi connectivity index (χ0n) is 40.9. The first-order valence-corrected chi connectivity index (χ1v) is 24.2. The fourth-order valence-electron chi connectivity index (χ4n) is 7.01. The molecule has 0 saturated carbocycles. The summed E-state index contributed by atoms with van der Waals surface area (Å²) in [5.74, 6) is -0.823. The van der Waals surface area contributed by atoms with E-state index < -0.39 is 23.1 Å². The van der Waals surface area contributed by atoms with E-state index in [1.165, 1.54) is 0 Å². The average molecular weight is 1110 g/mol. The van der Waals surface area contributed by atoms with Gasteiger partial charge in [0.05, 0.1) is 44.8 Å². The third-order valence-electron chi connectivity index (χ3n) is 10.4. The normalized spacial score (nSPS) is 10.9. The van der Waals surface area contributed by atoms with Crippen LogP contribution < -0.4 is 16.8 Å². The van der Waals surface area contributed by atoms with E-state index in [9.17, 15) is 19.2 Å². The Bertz CT molecular complexity index is 3550. The number of anilines is 1. The number of hydrogen-bond acceptors (Lipinski definition) is 19. The third-order valence-corrected chi connectivity index (χ3v) is 11.2. The zero-order valence-corrected chi connectivity index (χ0v) is 43.9. The molecule has 0 spiro atoms. The van der Waals surface area contributed by atoms with Crippen LogP contribution in [-0.4, -0.2) is 87.6 Å². The number of aromatic nitrogens is 8. The van der Waals surface area contributed by atoms with Gasteiger partial charge in [-0.2, -0.15) is 9.97 Å². The van der Waals surface area contributed by atoms with Crippen LogP contribution in [0.2, 0.25) is 15.1 Å². The molecule has 0 aliphatic rings. The minimum atomic E-state index is -1.08. The number of ether oxygens (including phenoxy) is 2. The van der Waals surface area contributed by atoms with E-state index in [0.717, 1.165) is 66.2 Å². The topological polar surface area (TPSA) is 313 Å². The van der Waals surface area contributed by atoms with Crippen LogP contribution in [0.15, 0.2) is 112 Å². The van der Waals surface area contributed by atoms with Crippen molar-refractivity contribution in [3.8, 4) is 0 Å². The van der Waals surface area contributed by atoms with Crippen LogP contribution in [0.5, 0.6) is 0 Å². The minimum absolute atomic E-state index is 0.0887. The van der Waals surface area contributed by atoms with Gasteiger partial charge in [0.1, 0.15) is 11.7 Å². The zero-order chi connectivity index (χ0) is 54.9. The highest BCUT2D eigenvalue weighted by molar-refractivity contribution is 6.80. The maximum Gasteiger partial charge on any atom is 0.397 e. The highest BCUT2D eigenvalue weighted by Crippen LogP contribution is 2.22. The fourth-order valence-corrected chi connectivity index (χ4v) is 7.56. The SMILES string of the molecule is CCOC(=O)C(=O)Cl.CCOC(=O)c1nc(Cc2ccc3ncc(Cl)cc3c2)no1.Cc1cc(N)nc(C)c1CNC(=O)c1nc(Cc2ccc3ncc(Cl)cc3c2)no1.N/C(Cc1ccc2ncc(Cl)cc2c1)=N\O. The van der Waals surface area contributed by atoms with Crippen molar-refractivity contribution in [2.45, 2.75) is 53.5 Å². The summed E-state index contributed by atoms with van der Waals surface area (Å²) in [5, 5.41) is 25.4. The van der Waals surface area contributed by atoms with Gasteiger partial charge in [-0.25, -0.2) is 14.6 Å². The number of nitrogens with zero attached hydrogens (tertiary/aromatic N) is 9. The standard InChI is InChI=1S/C21H19ClN6O2.C15H12ClN3O3.C11H10ClN3O.C4H5ClO3/c1-11-5-18(23)26-12(2)16(11)10-25-20(29)21-27-19(28-30-21)7-13-3-4-17-14(6-13)8-15(22)9-24-17;1-2-21-15(20)14-18-13(19-22-14)6-9-3-4-12-10(5-9)7-11(16)8-17-12;12-9-5-8-3-7(4-11(13)15-16)1-2-10(8)14-6-9;1-2-8-4(7)3(5)6/h3-6,8-9H,7,10H2,1-2H3,(H2,23,26)(H,25,29);3-5,7-8H,2,6H2,1H3;1-3,5-6,16H,4H2,(H2,13,15);2H2,1H3. The number of amides is 1. The van der Waals surface area contributed by atoms with E-state index in [4.69, 9.17) is 76.9 Å². The largest absolute Gasteiger partial charge is 0.459 e. The molecule has 0 bridgehead atoms. The molecule has 0 unspecified atom stereocenters. The molecule has 1 amide bonds. The van der Waals surface area contributed by atoms with Crippen molar-refractivity contribution in [3.05, 3.63) is 169 Å². The molecule has 6 heterocycles. The van der Waals surface area contributed by atoms with E-state index in [1.54, 1.807) is 38.5 Å². The van der Waals surface area contributed by atoms with Crippen molar-refractivity contribution in [1.82, 2.24) is 45.5 Å². The molecular formula is C51H46Cl4N12O9. The first kappa shape index (κ1) is 56.9. The number of rotatable bonds is 13. The maximum atomic E-state index is 12.4. The van der Waals surface area contributed by atoms with Crippen LogP contribution in [-0.2, 0) is 44.9 Å². The molecule has 0 saturated heterocycles. The van der Waals surface area contributed by atoms with Crippen LogP contribution in [0.3, 0.4) is 0 Å². The Labute approximate surface area is 452 Å². The number of halogens is 4. The molecule has 392 valence electrons. The number of hydrogen-bond donors (Lipinski definition) is 4. The molecule has 6 N–H and O–H groups in total. The number of carbonyl (C=O) groups excluding carboxylic acids is 4. The van der Waals surface area contributed by atoms with Crippen molar-refractivity contribution in [1.29, 1.82) is 0 Å². The molecule has 0 fully saturated rings. The molecule has 76 heavy (non-hydrogen) atoms. The quantitative estimate of drug-likeness (QED) is 0.0159. The number of fused-ring (bicyclic) bond motifs is 3. The van der Waals surface area contributed by atoms with Gasteiger partial charge >= 0.3 is 34.9 Å². The van der Waals surface area contributed by atoms with Gasteiger partial charge in [0.25, 0.3) is 0 Å². The summed E-state index contributed by atoms with van der Waals surface area (Å²) in [6.45, 7) is 7.80. The summed E-state index contributed by atoms with van der Waals surface area (Å²) in [7, 11) is 0.